The van der Waals surface area contributed by atoms with Gasteiger partial charge in [0, 0.05) is 38.9 Å². The predicted molar refractivity (Wildman–Crippen MR) is 76.7 cm³/mol. The second kappa shape index (κ2) is 6.70. The summed E-state index contributed by atoms with van der Waals surface area (Å²) in [6.45, 7) is 6.98. The van der Waals surface area contributed by atoms with Crippen LogP contribution in [0.3, 0.4) is 0 Å². The Kier molecular flexibility index (Phi) is 5.54. The summed E-state index contributed by atoms with van der Waals surface area (Å²) in [7, 11) is 5.52. The molecule has 0 bridgehead atoms. The van der Waals surface area contributed by atoms with Gasteiger partial charge in [0.1, 0.15) is 0 Å². The Balaban J connectivity index is 2.67. The summed E-state index contributed by atoms with van der Waals surface area (Å²) in [6.07, 6.45) is 2.70. The van der Waals surface area contributed by atoms with Crippen LogP contribution < -0.4 is 5.32 Å². The topological polar surface area (TPSA) is 50.2 Å². The molecule has 0 spiro atoms. The van der Waals surface area contributed by atoms with Crippen LogP contribution in [-0.2, 0) is 18.4 Å². The Labute approximate surface area is 116 Å². The summed E-state index contributed by atoms with van der Waals surface area (Å²) >= 11 is 0. The Bertz CT molecular complexity index is 423. The van der Waals surface area contributed by atoms with Gasteiger partial charge in [-0.2, -0.15) is 5.10 Å². The first-order valence-corrected chi connectivity index (χ1v) is 6.75. The van der Waals surface area contributed by atoms with Crippen LogP contribution in [0.4, 0.5) is 0 Å². The average molecular weight is 266 g/mol. The summed E-state index contributed by atoms with van der Waals surface area (Å²) in [5.74, 6) is 0.617. The molecule has 5 nitrogen and oxygen atoms in total. The molecule has 0 saturated carbocycles. The third-order valence-electron chi connectivity index (χ3n) is 3.32. The SMILES string of the molecule is Cc1c(CNC(CC(C)C)C(=O)N(C)C)cnn1C. The van der Waals surface area contributed by atoms with Crippen molar-refractivity contribution in [2.75, 3.05) is 14.1 Å². The molecule has 0 aliphatic rings. The molecule has 5 heteroatoms. The van der Waals surface area contributed by atoms with E-state index in [-0.39, 0.29) is 11.9 Å². The van der Waals surface area contributed by atoms with Gasteiger partial charge in [0.2, 0.25) is 5.91 Å². The fourth-order valence-electron chi connectivity index (χ4n) is 2.01. The van der Waals surface area contributed by atoms with Crippen molar-refractivity contribution in [3.63, 3.8) is 0 Å². The minimum atomic E-state index is -0.130. The first-order chi connectivity index (χ1) is 8.82. The normalized spacial score (nSPS) is 12.8. The van der Waals surface area contributed by atoms with Crippen molar-refractivity contribution < 1.29 is 4.79 Å². The van der Waals surface area contributed by atoms with E-state index in [0.29, 0.717) is 12.5 Å². The number of nitrogens with zero attached hydrogens (tertiary/aromatic N) is 3. The Morgan fingerprint density at radius 1 is 1.47 bits per heavy atom. The summed E-state index contributed by atoms with van der Waals surface area (Å²) in [6, 6.07) is -0.130. The van der Waals surface area contributed by atoms with Crippen molar-refractivity contribution in [2.24, 2.45) is 13.0 Å². The maximum Gasteiger partial charge on any atom is 0.239 e. The van der Waals surface area contributed by atoms with Gasteiger partial charge in [-0.05, 0) is 19.3 Å². The van der Waals surface area contributed by atoms with Crippen molar-refractivity contribution in [3.05, 3.63) is 17.5 Å². The molecule has 1 heterocycles. The number of hydrogen-bond donors (Lipinski definition) is 1. The zero-order valence-corrected chi connectivity index (χ0v) is 12.9. The van der Waals surface area contributed by atoms with E-state index in [4.69, 9.17) is 0 Å². The van der Waals surface area contributed by atoms with Crippen LogP contribution in [-0.4, -0.2) is 40.7 Å². The van der Waals surface area contributed by atoms with Gasteiger partial charge in [-0.25, -0.2) is 0 Å². The second-order valence-corrected chi connectivity index (χ2v) is 5.67. The number of aryl methyl sites for hydroxylation is 1. The molecule has 19 heavy (non-hydrogen) atoms. The molecule has 108 valence electrons. The van der Waals surface area contributed by atoms with Gasteiger partial charge in [-0.3, -0.25) is 9.48 Å². The number of rotatable bonds is 6. The number of carbonyl (C=O) groups excluding carboxylic acids is 1. The van der Waals surface area contributed by atoms with Crippen LogP contribution >= 0.6 is 0 Å². The van der Waals surface area contributed by atoms with Crippen molar-refractivity contribution >= 4 is 5.91 Å². The average Bonchev–Trinajstić information content (AvgIpc) is 2.64. The van der Waals surface area contributed by atoms with E-state index in [1.165, 1.54) is 0 Å². The Hall–Kier alpha value is -1.36. The number of likely N-dealkylation sites (N-methyl/N-ethyl adjacent to an activating group) is 1. The summed E-state index contributed by atoms with van der Waals surface area (Å²) < 4.78 is 1.85. The molecule has 1 unspecified atom stereocenters. The molecule has 0 aliphatic carbocycles. The predicted octanol–water partition coefficient (Wildman–Crippen LogP) is 1.32. The second-order valence-electron chi connectivity index (χ2n) is 5.67. The molecular weight excluding hydrogens is 240 g/mol. The lowest BCUT2D eigenvalue weighted by Crippen LogP contribution is -2.44. The van der Waals surface area contributed by atoms with Crippen molar-refractivity contribution in [3.8, 4) is 0 Å². The van der Waals surface area contributed by atoms with Gasteiger partial charge >= 0.3 is 0 Å². The molecule has 0 aliphatic heterocycles. The van der Waals surface area contributed by atoms with Crippen LogP contribution in [0.25, 0.3) is 0 Å². The van der Waals surface area contributed by atoms with Crippen LogP contribution in [0.1, 0.15) is 31.5 Å². The zero-order valence-electron chi connectivity index (χ0n) is 12.9. The lowest BCUT2D eigenvalue weighted by molar-refractivity contribution is -0.131. The first kappa shape index (κ1) is 15.7. The van der Waals surface area contributed by atoms with Gasteiger partial charge in [0.25, 0.3) is 0 Å². The number of amides is 1. The molecule has 1 atom stereocenters. The van der Waals surface area contributed by atoms with E-state index in [9.17, 15) is 4.79 Å². The molecule has 1 rings (SSSR count). The standard InChI is InChI=1S/C14H26N4O/c1-10(2)7-13(14(19)17(4)5)15-8-12-9-16-18(6)11(12)3/h9-10,13,15H,7-8H2,1-6H3. The lowest BCUT2D eigenvalue weighted by atomic mass is 10.0. The largest absolute Gasteiger partial charge is 0.347 e. The number of carbonyl (C=O) groups is 1. The van der Waals surface area contributed by atoms with Crippen molar-refractivity contribution in [1.82, 2.24) is 20.0 Å². The molecule has 0 aromatic carbocycles. The Morgan fingerprint density at radius 3 is 2.53 bits per heavy atom. The fourth-order valence-corrected chi connectivity index (χ4v) is 2.01. The van der Waals surface area contributed by atoms with E-state index in [2.05, 4.69) is 24.3 Å². The highest BCUT2D eigenvalue weighted by atomic mass is 16.2. The summed E-state index contributed by atoms with van der Waals surface area (Å²) in [4.78, 5) is 13.8. The van der Waals surface area contributed by atoms with E-state index < -0.39 is 0 Å². The number of hydrogen-bond acceptors (Lipinski definition) is 3. The minimum Gasteiger partial charge on any atom is -0.347 e. The number of aromatic nitrogens is 2. The van der Waals surface area contributed by atoms with E-state index >= 15 is 0 Å². The minimum absolute atomic E-state index is 0.130. The molecule has 1 aromatic heterocycles. The molecular formula is C14H26N4O. The van der Waals surface area contributed by atoms with Crippen LogP contribution in [0, 0.1) is 12.8 Å². The molecule has 0 fully saturated rings. The molecule has 1 aromatic rings. The van der Waals surface area contributed by atoms with Gasteiger partial charge in [0.05, 0.1) is 12.2 Å². The monoisotopic (exact) mass is 266 g/mol. The van der Waals surface area contributed by atoms with Crippen molar-refractivity contribution in [2.45, 2.75) is 39.8 Å². The first-order valence-electron chi connectivity index (χ1n) is 6.75. The highest BCUT2D eigenvalue weighted by molar-refractivity contribution is 5.81. The van der Waals surface area contributed by atoms with Crippen molar-refractivity contribution in [1.29, 1.82) is 0 Å². The van der Waals surface area contributed by atoms with Gasteiger partial charge in [-0.15, -0.1) is 0 Å². The summed E-state index contributed by atoms with van der Waals surface area (Å²) in [5, 5.41) is 7.57. The third kappa shape index (κ3) is 4.35. The van der Waals surface area contributed by atoms with E-state index in [1.807, 2.05) is 24.9 Å². The van der Waals surface area contributed by atoms with Crippen LogP contribution in [0.15, 0.2) is 6.20 Å². The quantitative estimate of drug-likeness (QED) is 0.845. The zero-order chi connectivity index (χ0) is 14.6. The van der Waals surface area contributed by atoms with Gasteiger partial charge < -0.3 is 10.2 Å². The third-order valence-corrected chi connectivity index (χ3v) is 3.32. The Morgan fingerprint density at radius 2 is 2.11 bits per heavy atom. The van der Waals surface area contributed by atoms with Crippen LogP contribution in [0.2, 0.25) is 0 Å². The summed E-state index contributed by atoms with van der Waals surface area (Å²) in [5.41, 5.74) is 2.27. The molecule has 1 N–H and O–H groups in total. The maximum atomic E-state index is 12.1. The molecule has 1 amide bonds. The lowest BCUT2D eigenvalue weighted by Gasteiger charge is -2.23. The number of nitrogens with one attached hydrogen (secondary N) is 1. The molecule has 0 radical (unpaired) electrons. The fraction of sp³-hybridized carbons (Fsp3) is 0.714. The highest BCUT2D eigenvalue weighted by Crippen LogP contribution is 2.10. The highest BCUT2D eigenvalue weighted by Gasteiger charge is 2.21. The van der Waals surface area contributed by atoms with E-state index in [1.54, 1.807) is 19.0 Å². The van der Waals surface area contributed by atoms with Gasteiger partial charge in [0.15, 0.2) is 0 Å². The van der Waals surface area contributed by atoms with Crippen LogP contribution in [0.5, 0.6) is 0 Å². The maximum absolute atomic E-state index is 12.1. The molecule has 0 saturated heterocycles. The smallest absolute Gasteiger partial charge is 0.239 e. The van der Waals surface area contributed by atoms with Gasteiger partial charge in [-0.1, -0.05) is 13.8 Å². The van der Waals surface area contributed by atoms with E-state index in [0.717, 1.165) is 17.7 Å².